The normalized spacial score (nSPS) is 12.2. The third kappa shape index (κ3) is 5.83. The number of esters is 1. The van der Waals surface area contributed by atoms with E-state index in [0.717, 1.165) is 24.8 Å². The molecule has 0 aromatic heterocycles. The summed E-state index contributed by atoms with van der Waals surface area (Å²) < 4.78 is 17.8. The molecule has 1 rings (SSSR count). The van der Waals surface area contributed by atoms with Gasteiger partial charge in [0.15, 0.2) is 0 Å². The number of nitrogens with one attached hydrogen (secondary N) is 1. The zero-order valence-corrected chi connectivity index (χ0v) is 11.6. The topological polar surface area (TPSA) is 38.3 Å². The van der Waals surface area contributed by atoms with E-state index < -0.39 is 0 Å². The minimum absolute atomic E-state index is 0.229. The molecule has 0 saturated heterocycles. The molecule has 0 aliphatic heterocycles. The number of carbonyl (C=O) groups excluding carboxylic acids is 1. The predicted octanol–water partition coefficient (Wildman–Crippen LogP) is 2.69. The first-order valence-corrected chi connectivity index (χ1v) is 6.73. The molecule has 0 saturated carbocycles. The summed E-state index contributed by atoms with van der Waals surface area (Å²) in [5.74, 6) is -0.458. The highest BCUT2D eigenvalue weighted by Crippen LogP contribution is 2.05. The van der Waals surface area contributed by atoms with Crippen LogP contribution in [-0.4, -0.2) is 25.7 Å². The fourth-order valence-electron chi connectivity index (χ4n) is 1.94. The van der Waals surface area contributed by atoms with Gasteiger partial charge in [-0.1, -0.05) is 31.9 Å². The van der Waals surface area contributed by atoms with Gasteiger partial charge in [-0.25, -0.2) is 4.39 Å². The van der Waals surface area contributed by atoms with Crippen LogP contribution in [-0.2, 0) is 16.0 Å². The van der Waals surface area contributed by atoms with Gasteiger partial charge in [-0.05, 0) is 37.1 Å². The Morgan fingerprint density at radius 1 is 1.47 bits per heavy atom. The number of hydrogen-bond donors (Lipinski definition) is 1. The second-order valence-electron chi connectivity index (χ2n) is 4.55. The molecule has 1 atom stereocenters. The largest absolute Gasteiger partial charge is 0.468 e. The number of carbonyl (C=O) groups is 1. The van der Waals surface area contributed by atoms with E-state index in [1.54, 1.807) is 6.07 Å². The van der Waals surface area contributed by atoms with Crippen LogP contribution < -0.4 is 5.32 Å². The minimum atomic E-state index is -0.265. The summed E-state index contributed by atoms with van der Waals surface area (Å²) in [4.78, 5) is 11.6. The van der Waals surface area contributed by atoms with Crippen LogP contribution in [0.4, 0.5) is 4.39 Å². The standard InChI is InChI=1S/C15H22FNO2/c1-3-4-8-14(15(18)19-2)17-10-9-12-6-5-7-13(16)11-12/h5-7,11,14,17H,3-4,8-10H2,1-2H3. The number of ether oxygens (including phenoxy) is 1. The van der Waals surface area contributed by atoms with Crippen molar-refractivity contribution in [2.24, 2.45) is 0 Å². The number of halogens is 1. The molecule has 4 heteroatoms. The molecule has 0 fully saturated rings. The Labute approximate surface area is 114 Å². The van der Waals surface area contributed by atoms with E-state index in [4.69, 9.17) is 4.74 Å². The molecule has 1 aromatic carbocycles. The number of rotatable bonds is 8. The van der Waals surface area contributed by atoms with Gasteiger partial charge in [0.1, 0.15) is 11.9 Å². The lowest BCUT2D eigenvalue weighted by Crippen LogP contribution is -2.38. The zero-order chi connectivity index (χ0) is 14.1. The highest BCUT2D eigenvalue weighted by Gasteiger charge is 2.17. The summed E-state index contributed by atoms with van der Waals surface area (Å²) in [6.07, 6.45) is 3.48. The smallest absolute Gasteiger partial charge is 0.322 e. The monoisotopic (exact) mass is 267 g/mol. The highest BCUT2D eigenvalue weighted by atomic mass is 19.1. The van der Waals surface area contributed by atoms with E-state index in [1.807, 2.05) is 6.07 Å². The van der Waals surface area contributed by atoms with Gasteiger partial charge >= 0.3 is 5.97 Å². The van der Waals surface area contributed by atoms with Crippen molar-refractivity contribution >= 4 is 5.97 Å². The fourth-order valence-corrected chi connectivity index (χ4v) is 1.94. The molecule has 19 heavy (non-hydrogen) atoms. The van der Waals surface area contributed by atoms with E-state index in [0.29, 0.717) is 13.0 Å². The zero-order valence-electron chi connectivity index (χ0n) is 11.6. The molecule has 1 N–H and O–H groups in total. The summed E-state index contributed by atoms with van der Waals surface area (Å²) in [5, 5.41) is 3.18. The Hall–Kier alpha value is -1.42. The average molecular weight is 267 g/mol. The number of benzene rings is 1. The van der Waals surface area contributed by atoms with Crippen LogP contribution in [0.1, 0.15) is 31.7 Å². The maximum atomic E-state index is 13.0. The van der Waals surface area contributed by atoms with Crippen LogP contribution in [0, 0.1) is 5.82 Å². The molecule has 0 spiro atoms. The molecule has 106 valence electrons. The molecule has 1 aromatic rings. The summed E-state index contributed by atoms with van der Waals surface area (Å²) in [6, 6.07) is 6.25. The second-order valence-corrected chi connectivity index (χ2v) is 4.55. The van der Waals surface area contributed by atoms with E-state index in [2.05, 4.69) is 12.2 Å². The van der Waals surface area contributed by atoms with Crippen molar-refractivity contribution in [2.75, 3.05) is 13.7 Å². The Balaban J connectivity index is 2.41. The number of hydrogen-bond acceptors (Lipinski definition) is 3. The molecule has 0 amide bonds. The van der Waals surface area contributed by atoms with Gasteiger partial charge in [-0.2, -0.15) is 0 Å². The van der Waals surface area contributed by atoms with Gasteiger partial charge < -0.3 is 10.1 Å². The molecule has 0 heterocycles. The van der Waals surface area contributed by atoms with E-state index in [1.165, 1.54) is 19.2 Å². The molecule has 0 aliphatic carbocycles. The third-order valence-corrected chi connectivity index (χ3v) is 3.03. The predicted molar refractivity (Wildman–Crippen MR) is 73.4 cm³/mol. The summed E-state index contributed by atoms with van der Waals surface area (Å²) in [6.45, 7) is 2.72. The highest BCUT2D eigenvalue weighted by molar-refractivity contribution is 5.75. The minimum Gasteiger partial charge on any atom is -0.468 e. The van der Waals surface area contributed by atoms with E-state index in [-0.39, 0.29) is 17.8 Å². The lowest BCUT2D eigenvalue weighted by molar-refractivity contribution is -0.143. The lowest BCUT2D eigenvalue weighted by Gasteiger charge is -2.16. The Bertz CT molecular complexity index is 395. The quantitative estimate of drug-likeness (QED) is 0.736. The van der Waals surface area contributed by atoms with Crippen LogP contribution in [0.15, 0.2) is 24.3 Å². The SMILES string of the molecule is CCCCC(NCCc1cccc(F)c1)C(=O)OC. The molecule has 0 bridgehead atoms. The van der Waals surface area contributed by atoms with Gasteiger partial charge in [0.05, 0.1) is 7.11 Å². The van der Waals surface area contributed by atoms with Crippen molar-refractivity contribution < 1.29 is 13.9 Å². The van der Waals surface area contributed by atoms with Gasteiger partial charge in [-0.15, -0.1) is 0 Å². The van der Waals surface area contributed by atoms with Crippen LogP contribution >= 0.6 is 0 Å². The van der Waals surface area contributed by atoms with Crippen LogP contribution in [0.2, 0.25) is 0 Å². The van der Waals surface area contributed by atoms with Gasteiger partial charge in [0.2, 0.25) is 0 Å². The molecular weight excluding hydrogens is 245 g/mol. The van der Waals surface area contributed by atoms with Crippen LogP contribution in [0.3, 0.4) is 0 Å². The van der Waals surface area contributed by atoms with Crippen LogP contribution in [0.5, 0.6) is 0 Å². The molecule has 0 aliphatic rings. The second kappa shape index (κ2) is 8.64. The molecular formula is C15H22FNO2. The van der Waals surface area contributed by atoms with Crippen molar-refractivity contribution in [1.29, 1.82) is 0 Å². The molecule has 1 unspecified atom stereocenters. The first-order valence-electron chi connectivity index (χ1n) is 6.73. The lowest BCUT2D eigenvalue weighted by atomic mass is 10.1. The third-order valence-electron chi connectivity index (χ3n) is 3.03. The van der Waals surface area contributed by atoms with Gasteiger partial charge in [0.25, 0.3) is 0 Å². The first-order chi connectivity index (χ1) is 9.17. The maximum Gasteiger partial charge on any atom is 0.322 e. The van der Waals surface area contributed by atoms with E-state index >= 15 is 0 Å². The van der Waals surface area contributed by atoms with Crippen molar-refractivity contribution in [2.45, 2.75) is 38.6 Å². The number of unbranched alkanes of at least 4 members (excludes halogenated alkanes) is 1. The average Bonchev–Trinajstić information content (AvgIpc) is 2.42. The van der Waals surface area contributed by atoms with E-state index in [9.17, 15) is 9.18 Å². The summed E-state index contributed by atoms with van der Waals surface area (Å²) in [5.41, 5.74) is 0.923. The van der Waals surface area contributed by atoms with Crippen molar-refractivity contribution in [1.82, 2.24) is 5.32 Å². The Kier molecular flexibility index (Phi) is 7.11. The Morgan fingerprint density at radius 2 is 2.26 bits per heavy atom. The fraction of sp³-hybridized carbons (Fsp3) is 0.533. The van der Waals surface area contributed by atoms with Crippen LogP contribution in [0.25, 0.3) is 0 Å². The van der Waals surface area contributed by atoms with Gasteiger partial charge in [-0.3, -0.25) is 4.79 Å². The van der Waals surface area contributed by atoms with Gasteiger partial charge in [0, 0.05) is 0 Å². The van der Waals surface area contributed by atoms with Crippen molar-refractivity contribution in [3.63, 3.8) is 0 Å². The maximum absolute atomic E-state index is 13.0. The van der Waals surface area contributed by atoms with Crippen molar-refractivity contribution in [3.8, 4) is 0 Å². The molecule has 3 nitrogen and oxygen atoms in total. The number of methoxy groups -OCH3 is 1. The summed E-state index contributed by atoms with van der Waals surface area (Å²) >= 11 is 0. The first kappa shape index (κ1) is 15.6. The molecule has 0 radical (unpaired) electrons. The van der Waals surface area contributed by atoms with Crippen molar-refractivity contribution in [3.05, 3.63) is 35.6 Å². The summed E-state index contributed by atoms with van der Waals surface area (Å²) in [7, 11) is 1.40. The Morgan fingerprint density at radius 3 is 2.89 bits per heavy atom.